The zero-order valence-electron chi connectivity index (χ0n) is 13.1. The minimum absolute atomic E-state index is 0.134. The van der Waals surface area contributed by atoms with Crippen molar-refractivity contribution in [1.82, 2.24) is 10.1 Å². The first kappa shape index (κ1) is 17.3. The lowest BCUT2D eigenvalue weighted by molar-refractivity contribution is -0.145. The summed E-state index contributed by atoms with van der Waals surface area (Å²) in [6.45, 7) is 0.199. The topological polar surface area (TPSA) is 65.2 Å². The molecular weight excluding hydrogens is 391 g/mol. The molecule has 0 bridgehead atoms. The summed E-state index contributed by atoms with van der Waals surface area (Å²) in [5.74, 6) is 0.00584. The molecule has 128 valence electrons. The minimum atomic E-state index is -0.350. The number of carbonyl (C=O) groups is 1. The third-order valence-corrected chi connectivity index (χ3v) is 4.23. The highest BCUT2D eigenvalue weighted by Gasteiger charge is 2.12. The molecule has 0 radical (unpaired) electrons. The van der Waals surface area contributed by atoms with Crippen LogP contribution >= 0.6 is 15.9 Å². The van der Waals surface area contributed by atoms with Crippen LogP contribution in [0.25, 0.3) is 11.4 Å². The fourth-order valence-electron chi connectivity index (χ4n) is 2.13. The van der Waals surface area contributed by atoms with E-state index in [0.717, 1.165) is 10.0 Å². The van der Waals surface area contributed by atoms with E-state index in [2.05, 4.69) is 26.1 Å². The van der Waals surface area contributed by atoms with Crippen LogP contribution in [0.2, 0.25) is 0 Å². The number of aryl methyl sites for hydroxylation is 1. The van der Waals surface area contributed by atoms with Crippen LogP contribution < -0.4 is 0 Å². The van der Waals surface area contributed by atoms with Gasteiger partial charge in [-0.2, -0.15) is 4.98 Å². The van der Waals surface area contributed by atoms with Gasteiger partial charge in [0.2, 0.25) is 11.7 Å². The predicted octanol–water partition coefficient (Wildman–Crippen LogP) is 4.31. The Kier molecular flexibility index (Phi) is 5.55. The predicted molar refractivity (Wildman–Crippen MR) is 92.0 cm³/mol. The van der Waals surface area contributed by atoms with Crippen molar-refractivity contribution in [2.24, 2.45) is 0 Å². The van der Waals surface area contributed by atoms with Gasteiger partial charge in [-0.05, 0) is 30.3 Å². The largest absolute Gasteiger partial charge is 0.461 e. The van der Waals surface area contributed by atoms with E-state index in [1.807, 2.05) is 24.3 Å². The second-order valence-corrected chi connectivity index (χ2v) is 6.13. The highest BCUT2D eigenvalue weighted by atomic mass is 79.9. The van der Waals surface area contributed by atoms with Crippen LogP contribution in [0.1, 0.15) is 17.9 Å². The van der Waals surface area contributed by atoms with Crippen LogP contribution in [0.3, 0.4) is 0 Å². The van der Waals surface area contributed by atoms with Gasteiger partial charge in [-0.3, -0.25) is 4.79 Å². The third-order valence-electron chi connectivity index (χ3n) is 3.46. The second kappa shape index (κ2) is 8.02. The molecule has 0 saturated heterocycles. The number of hydrogen-bond donors (Lipinski definition) is 0. The van der Waals surface area contributed by atoms with Crippen LogP contribution in [0, 0.1) is 5.82 Å². The maximum atomic E-state index is 12.9. The molecule has 0 aliphatic heterocycles. The summed E-state index contributed by atoms with van der Waals surface area (Å²) in [5, 5.41) is 3.83. The van der Waals surface area contributed by atoms with E-state index < -0.39 is 0 Å². The van der Waals surface area contributed by atoms with E-state index in [-0.39, 0.29) is 31.2 Å². The van der Waals surface area contributed by atoms with Crippen LogP contribution in [0.15, 0.2) is 57.5 Å². The summed E-state index contributed by atoms with van der Waals surface area (Å²) in [6.07, 6.45) is 0.415. The lowest BCUT2D eigenvalue weighted by Gasteiger charge is -2.05. The molecule has 0 amide bonds. The van der Waals surface area contributed by atoms with Crippen molar-refractivity contribution in [3.63, 3.8) is 0 Å². The Morgan fingerprint density at radius 2 is 1.92 bits per heavy atom. The number of benzene rings is 2. The summed E-state index contributed by atoms with van der Waals surface area (Å²) in [5.41, 5.74) is 1.54. The molecule has 0 atom stereocenters. The van der Waals surface area contributed by atoms with E-state index in [9.17, 15) is 9.18 Å². The first-order valence-corrected chi connectivity index (χ1v) is 8.38. The van der Waals surface area contributed by atoms with Crippen molar-refractivity contribution in [3.05, 3.63) is 70.3 Å². The van der Waals surface area contributed by atoms with Gasteiger partial charge < -0.3 is 9.26 Å². The van der Waals surface area contributed by atoms with E-state index >= 15 is 0 Å². The highest BCUT2D eigenvalue weighted by molar-refractivity contribution is 9.10. The smallest absolute Gasteiger partial charge is 0.306 e. The van der Waals surface area contributed by atoms with Gasteiger partial charge in [0.15, 0.2) is 0 Å². The van der Waals surface area contributed by atoms with Crippen molar-refractivity contribution in [1.29, 1.82) is 0 Å². The average molecular weight is 405 g/mol. The lowest BCUT2D eigenvalue weighted by atomic mass is 10.2. The van der Waals surface area contributed by atoms with Gasteiger partial charge in [-0.15, -0.1) is 0 Å². The van der Waals surface area contributed by atoms with Gasteiger partial charge in [0.05, 0.1) is 6.42 Å². The van der Waals surface area contributed by atoms with Crippen LogP contribution in [0.4, 0.5) is 4.39 Å². The Morgan fingerprint density at radius 3 is 2.68 bits per heavy atom. The molecule has 5 nitrogen and oxygen atoms in total. The van der Waals surface area contributed by atoms with E-state index in [4.69, 9.17) is 9.26 Å². The summed E-state index contributed by atoms with van der Waals surface area (Å²) in [7, 11) is 0. The molecule has 0 aliphatic rings. The first-order valence-electron chi connectivity index (χ1n) is 7.59. The van der Waals surface area contributed by atoms with Crippen molar-refractivity contribution >= 4 is 21.9 Å². The van der Waals surface area contributed by atoms with E-state index in [1.165, 1.54) is 12.1 Å². The number of carbonyl (C=O) groups excluding carboxylic acids is 1. The van der Waals surface area contributed by atoms with Gasteiger partial charge in [-0.25, -0.2) is 4.39 Å². The van der Waals surface area contributed by atoms with Gasteiger partial charge in [0.25, 0.3) is 0 Å². The Labute approximate surface area is 151 Å². The molecule has 3 aromatic rings. The molecule has 0 saturated carbocycles. The minimum Gasteiger partial charge on any atom is -0.461 e. The van der Waals surface area contributed by atoms with Crippen molar-refractivity contribution < 1.29 is 18.4 Å². The number of aromatic nitrogens is 2. The summed E-state index contributed by atoms with van der Waals surface area (Å²) in [4.78, 5) is 16.0. The number of hydrogen-bond acceptors (Lipinski definition) is 5. The highest BCUT2D eigenvalue weighted by Crippen LogP contribution is 2.18. The van der Waals surface area contributed by atoms with Crippen molar-refractivity contribution in [2.45, 2.75) is 19.4 Å². The molecule has 7 heteroatoms. The zero-order valence-corrected chi connectivity index (χ0v) is 14.7. The Balaban J connectivity index is 1.51. The Hall–Kier alpha value is -2.54. The van der Waals surface area contributed by atoms with E-state index in [1.54, 1.807) is 12.1 Å². The fraction of sp³-hybridized carbons (Fsp3) is 0.167. The molecular formula is C18H14BrFN2O3. The first-order chi connectivity index (χ1) is 12.1. The fourth-order valence-corrected chi connectivity index (χ4v) is 2.53. The second-order valence-electron chi connectivity index (χ2n) is 5.27. The van der Waals surface area contributed by atoms with E-state index in [0.29, 0.717) is 17.3 Å². The molecule has 0 fully saturated rings. The normalized spacial score (nSPS) is 10.6. The van der Waals surface area contributed by atoms with Gasteiger partial charge in [0.1, 0.15) is 12.4 Å². The maximum absolute atomic E-state index is 12.9. The molecule has 1 aromatic heterocycles. The summed E-state index contributed by atoms with van der Waals surface area (Å²) < 4.78 is 24.2. The number of rotatable bonds is 6. The molecule has 2 aromatic carbocycles. The van der Waals surface area contributed by atoms with Gasteiger partial charge >= 0.3 is 5.97 Å². The monoisotopic (exact) mass is 404 g/mol. The lowest BCUT2D eigenvalue weighted by Crippen LogP contribution is -2.06. The summed E-state index contributed by atoms with van der Waals surface area (Å²) >= 11 is 3.40. The quantitative estimate of drug-likeness (QED) is 0.572. The Morgan fingerprint density at radius 1 is 1.16 bits per heavy atom. The summed E-state index contributed by atoms with van der Waals surface area (Å²) in [6, 6.07) is 13.3. The molecule has 1 heterocycles. The maximum Gasteiger partial charge on any atom is 0.306 e. The Bertz CT molecular complexity index is 865. The molecule has 0 spiro atoms. The van der Waals surface area contributed by atoms with Crippen LogP contribution in [-0.4, -0.2) is 16.1 Å². The SMILES string of the molecule is O=C(CCc1nc(-c2ccc(F)cc2)no1)OCc1ccccc1Br. The molecule has 0 aliphatic carbocycles. The molecule has 0 N–H and O–H groups in total. The standard InChI is InChI=1S/C18H14BrFN2O3/c19-15-4-2-1-3-13(15)11-24-17(23)10-9-16-21-18(22-25-16)12-5-7-14(20)8-6-12/h1-8H,9-11H2. The van der Waals surface area contributed by atoms with Gasteiger partial charge in [0, 0.05) is 22.0 Å². The number of esters is 1. The number of halogens is 2. The van der Waals surface area contributed by atoms with Gasteiger partial charge in [-0.1, -0.05) is 39.3 Å². The van der Waals surface area contributed by atoms with Crippen molar-refractivity contribution in [3.8, 4) is 11.4 Å². The average Bonchev–Trinajstić information content (AvgIpc) is 3.09. The number of nitrogens with zero attached hydrogens (tertiary/aromatic N) is 2. The van der Waals surface area contributed by atoms with Crippen molar-refractivity contribution in [2.75, 3.05) is 0 Å². The zero-order chi connectivity index (χ0) is 17.6. The van der Waals surface area contributed by atoms with Crippen LogP contribution in [-0.2, 0) is 22.6 Å². The van der Waals surface area contributed by atoms with Crippen LogP contribution in [0.5, 0.6) is 0 Å². The molecule has 3 rings (SSSR count). The third kappa shape index (κ3) is 4.73. The molecule has 0 unspecified atom stereocenters. The molecule has 25 heavy (non-hydrogen) atoms. The number of ether oxygens (including phenoxy) is 1.